The highest BCUT2D eigenvalue weighted by Gasteiger charge is 2.18. The molecule has 20 heavy (non-hydrogen) atoms. The van der Waals surface area contributed by atoms with E-state index in [1.165, 1.54) is 5.69 Å². The van der Waals surface area contributed by atoms with Gasteiger partial charge in [0.15, 0.2) is 0 Å². The molecule has 108 valence electrons. The first-order valence-electron chi connectivity index (χ1n) is 6.73. The van der Waals surface area contributed by atoms with Crippen molar-refractivity contribution < 1.29 is 0 Å². The minimum atomic E-state index is 0.160. The molecule has 0 amide bonds. The van der Waals surface area contributed by atoms with Crippen molar-refractivity contribution >= 4 is 15.9 Å². The van der Waals surface area contributed by atoms with Crippen LogP contribution in [-0.4, -0.2) is 26.3 Å². The number of aryl methyl sites for hydroxylation is 3. The lowest BCUT2D eigenvalue weighted by Crippen LogP contribution is -2.25. The highest BCUT2D eigenvalue weighted by atomic mass is 79.9. The smallest absolute Gasteiger partial charge is 0.125 e. The summed E-state index contributed by atoms with van der Waals surface area (Å²) in [5.74, 6) is 0.797. The molecule has 0 radical (unpaired) electrons. The Morgan fingerprint density at radius 2 is 2.15 bits per heavy atom. The van der Waals surface area contributed by atoms with E-state index in [9.17, 15) is 0 Å². The van der Waals surface area contributed by atoms with Gasteiger partial charge >= 0.3 is 0 Å². The Labute approximate surface area is 128 Å². The Bertz CT molecular complexity index is 593. The van der Waals surface area contributed by atoms with E-state index in [1.807, 2.05) is 37.8 Å². The first-order chi connectivity index (χ1) is 9.52. The first kappa shape index (κ1) is 15.1. The topological polar surface area (TPSA) is 55.6 Å². The third kappa shape index (κ3) is 3.24. The number of hydrogen-bond donors (Lipinski definition) is 1. The summed E-state index contributed by atoms with van der Waals surface area (Å²) in [7, 11) is 1.97. The zero-order valence-electron chi connectivity index (χ0n) is 12.3. The molecule has 2 aromatic rings. The van der Waals surface area contributed by atoms with Gasteiger partial charge in [-0.1, -0.05) is 6.92 Å². The van der Waals surface area contributed by atoms with E-state index >= 15 is 0 Å². The lowest BCUT2D eigenvalue weighted by atomic mass is 10.1. The zero-order chi connectivity index (χ0) is 14.7. The summed E-state index contributed by atoms with van der Waals surface area (Å²) in [5.41, 5.74) is 3.20. The fourth-order valence-corrected chi connectivity index (χ4v) is 2.79. The molecule has 5 nitrogen and oxygen atoms in total. The van der Waals surface area contributed by atoms with Gasteiger partial charge in [-0.25, -0.2) is 9.97 Å². The quantitative estimate of drug-likeness (QED) is 0.910. The zero-order valence-corrected chi connectivity index (χ0v) is 13.9. The van der Waals surface area contributed by atoms with Gasteiger partial charge < -0.3 is 5.32 Å². The maximum Gasteiger partial charge on any atom is 0.125 e. The number of likely N-dealkylation sites (N-methyl/N-ethyl adjacent to an activating group) is 1. The second-order valence-corrected chi connectivity index (χ2v) is 5.61. The van der Waals surface area contributed by atoms with E-state index in [0.29, 0.717) is 0 Å². The number of rotatable bonds is 5. The van der Waals surface area contributed by atoms with Crippen LogP contribution in [0.25, 0.3) is 0 Å². The van der Waals surface area contributed by atoms with Gasteiger partial charge in [0.05, 0.1) is 27.6 Å². The van der Waals surface area contributed by atoms with Crippen LogP contribution in [0.15, 0.2) is 16.7 Å². The Morgan fingerprint density at radius 3 is 2.70 bits per heavy atom. The normalized spacial score (nSPS) is 12.7. The average molecular weight is 338 g/mol. The number of aromatic nitrogens is 4. The minimum absolute atomic E-state index is 0.160. The van der Waals surface area contributed by atoms with Crippen LogP contribution in [0.1, 0.15) is 35.9 Å². The molecule has 1 unspecified atom stereocenters. The standard InChI is InChI=1S/C14H20BrN5/c1-5-16-12(11-6-7-17-10(3)18-11)8-13-14(15)9(2)19-20(13)4/h6-7,12,16H,5,8H2,1-4H3. The molecule has 0 aromatic carbocycles. The number of nitrogens with one attached hydrogen (secondary N) is 1. The largest absolute Gasteiger partial charge is 0.309 e. The third-order valence-electron chi connectivity index (χ3n) is 3.26. The van der Waals surface area contributed by atoms with Crippen LogP contribution in [0.3, 0.4) is 0 Å². The summed E-state index contributed by atoms with van der Waals surface area (Å²) in [6.07, 6.45) is 2.65. The highest BCUT2D eigenvalue weighted by Crippen LogP contribution is 2.25. The summed E-state index contributed by atoms with van der Waals surface area (Å²) in [4.78, 5) is 8.70. The summed E-state index contributed by atoms with van der Waals surface area (Å²) in [5, 5.41) is 7.93. The van der Waals surface area contributed by atoms with E-state index in [0.717, 1.165) is 34.7 Å². The van der Waals surface area contributed by atoms with Crippen LogP contribution in [0.2, 0.25) is 0 Å². The van der Waals surface area contributed by atoms with Crippen molar-refractivity contribution in [3.05, 3.63) is 39.6 Å². The minimum Gasteiger partial charge on any atom is -0.309 e. The van der Waals surface area contributed by atoms with Crippen LogP contribution >= 0.6 is 15.9 Å². The molecule has 1 atom stereocenters. The van der Waals surface area contributed by atoms with Crippen LogP contribution < -0.4 is 5.32 Å². The fourth-order valence-electron chi connectivity index (χ4n) is 2.29. The Kier molecular flexibility index (Phi) is 4.88. The molecular weight excluding hydrogens is 318 g/mol. The molecule has 2 aromatic heterocycles. The van der Waals surface area contributed by atoms with Gasteiger partial charge in [-0.3, -0.25) is 4.68 Å². The lowest BCUT2D eigenvalue weighted by molar-refractivity contribution is 0.514. The van der Waals surface area contributed by atoms with E-state index in [1.54, 1.807) is 0 Å². The van der Waals surface area contributed by atoms with Gasteiger partial charge in [-0.2, -0.15) is 5.10 Å². The SMILES string of the molecule is CCNC(Cc1c(Br)c(C)nn1C)c1ccnc(C)n1. The molecule has 2 heterocycles. The van der Waals surface area contributed by atoms with Gasteiger partial charge in [0, 0.05) is 19.7 Å². The first-order valence-corrected chi connectivity index (χ1v) is 7.53. The summed E-state index contributed by atoms with van der Waals surface area (Å²) in [6, 6.07) is 2.13. The van der Waals surface area contributed by atoms with Gasteiger partial charge in [-0.05, 0) is 42.4 Å². The molecule has 0 aliphatic heterocycles. The summed E-state index contributed by atoms with van der Waals surface area (Å²) >= 11 is 3.62. The van der Waals surface area contributed by atoms with Gasteiger partial charge in [0.25, 0.3) is 0 Å². The summed E-state index contributed by atoms with van der Waals surface area (Å²) < 4.78 is 3.01. The predicted octanol–water partition coefficient (Wildman–Crippen LogP) is 2.48. The van der Waals surface area contributed by atoms with E-state index in [4.69, 9.17) is 0 Å². The van der Waals surface area contributed by atoms with Gasteiger partial charge in [0.2, 0.25) is 0 Å². The van der Waals surface area contributed by atoms with Crippen LogP contribution in [-0.2, 0) is 13.5 Å². The fraction of sp³-hybridized carbons (Fsp3) is 0.500. The molecule has 2 rings (SSSR count). The molecule has 0 saturated heterocycles. The van der Waals surface area contributed by atoms with Crippen molar-refractivity contribution in [3.8, 4) is 0 Å². The third-order valence-corrected chi connectivity index (χ3v) is 4.30. The van der Waals surface area contributed by atoms with Crippen molar-refractivity contribution in [2.75, 3.05) is 6.54 Å². The van der Waals surface area contributed by atoms with Gasteiger partial charge in [-0.15, -0.1) is 0 Å². The maximum atomic E-state index is 4.54. The van der Waals surface area contributed by atoms with Gasteiger partial charge in [0.1, 0.15) is 5.82 Å². The van der Waals surface area contributed by atoms with Crippen molar-refractivity contribution in [2.24, 2.45) is 7.05 Å². The van der Waals surface area contributed by atoms with Crippen molar-refractivity contribution in [1.29, 1.82) is 0 Å². The van der Waals surface area contributed by atoms with Crippen molar-refractivity contribution in [2.45, 2.75) is 33.2 Å². The van der Waals surface area contributed by atoms with E-state index < -0.39 is 0 Å². The Morgan fingerprint density at radius 1 is 1.40 bits per heavy atom. The molecule has 0 spiro atoms. The second kappa shape index (κ2) is 6.45. The Balaban J connectivity index is 2.30. The average Bonchev–Trinajstić information content (AvgIpc) is 2.64. The highest BCUT2D eigenvalue weighted by molar-refractivity contribution is 9.10. The second-order valence-electron chi connectivity index (χ2n) is 4.81. The number of halogens is 1. The van der Waals surface area contributed by atoms with E-state index in [-0.39, 0.29) is 6.04 Å². The monoisotopic (exact) mass is 337 g/mol. The predicted molar refractivity (Wildman–Crippen MR) is 82.5 cm³/mol. The van der Waals surface area contributed by atoms with Crippen LogP contribution in [0.5, 0.6) is 0 Å². The number of hydrogen-bond acceptors (Lipinski definition) is 4. The van der Waals surface area contributed by atoms with Crippen LogP contribution in [0, 0.1) is 13.8 Å². The van der Waals surface area contributed by atoms with E-state index in [2.05, 4.69) is 43.2 Å². The molecule has 0 bridgehead atoms. The summed E-state index contributed by atoms with van der Waals surface area (Å²) in [6.45, 7) is 6.91. The molecular formula is C14H20BrN5. The Hall–Kier alpha value is -1.27. The molecule has 6 heteroatoms. The molecule has 0 aliphatic rings. The molecule has 0 saturated carbocycles. The number of nitrogens with zero attached hydrogens (tertiary/aromatic N) is 4. The molecule has 0 aliphatic carbocycles. The maximum absolute atomic E-state index is 4.54. The lowest BCUT2D eigenvalue weighted by Gasteiger charge is -2.18. The molecule has 1 N–H and O–H groups in total. The van der Waals surface area contributed by atoms with Crippen molar-refractivity contribution in [1.82, 2.24) is 25.1 Å². The van der Waals surface area contributed by atoms with Crippen molar-refractivity contribution in [3.63, 3.8) is 0 Å². The molecule has 0 fully saturated rings. The van der Waals surface area contributed by atoms with Crippen LogP contribution in [0.4, 0.5) is 0 Å².